The largest absolute Gasteiger partial charge is 0.497 e. The normalized spacial score (nSPS) is 26.2. The number of amides is 3. The van der Waals surface area contributed by atoms with Crippen LogP contribution in [0.4, 0.5) is 0 Å². The molecule has 2 saturated carbocycles. The number of aromatic nitrogens is 1. The molecule has 13 heteroatoms. The molecule has 8 rings (SSSR count). The van der Waals surface area contributed by atoms with Crippen molar-refractivity contribution in [2.24, 2.45) is 0 Å². The quantitative estimate of drug-likeness (QED) is 0.376. The summed E-state index contributed by atoms with van der Waals surface area (Å²) < 4.78 is 36.2. The van der Waals surface area contributed by atoms with Gasteiger partial charge in [0.05, 0.1) is 18.3 Å². The molecule has 2 bridgehead atoms. The molecule has 2 aromatic carbocycles. The molecule has 2 aliphatic carbocycles. The van der Waals surface area contributed by atoms with Crippen LogP contribution in [0.1, 0.15) is 84.7 Å². The van der Waals surface area contributed by atoms with Gasteiger partial charge in [-0.15, -0.1) is 0 Å². The fourth-order valence-corrected chi connectivity index (χ4v) is 9.94. The van der Waals surface area contributed by atoms with E-state index in [4.69, 9.17) is 4.74 Å². The van der Waals surface area contributed by atoms with Crippen LogP contribution < -0.4 is 14.8 Å². The van der Waals surface area contributed by atoms with Gasteiger partial charge in [-0.3, -0.25) is 14.4 Å². The van der Waals surface area contributed by atoms with Crippen LogP contribution in [0.5, 0.6) is 5.75 Å². The highest BCUT2D eigenvalue weighted by molar-refractivity contribution is 7.87. The lowest BCUT2D eigenvalue weighted by atomic mass is 9.81. The number of nitrogens with one attached hydrogen (secondary N) is 2. The zero-order valence-corrected chi connectivity index (χ0v) is 30.0. The molecular formula is C37H46N6O6S. The zero-order chi connectivity index (χ0) is 35.1. The van der Waals surface area contributed by atoms with Crippen LogP contribution in [-0.4, -0.2) is 104 Å². The molecule has 2 saturated heterocycles. The molecule has 0 radical (unpaired) electrons. The summed E-state index contributed by atoms with van der Waals surface area (Å²) in [7, 11) is 2.45. The lowest BCUT2D eigenvalue weighted by Crippen LogP contribution is -2.59. The second-order valence-corrected chi connectivity index (χ2v) is 17.2. The number of methoxy groups -OCH3 is 1. The van der Waals surface area contributed by atoms with Crippen LogP contribution >= 0.6 is 0 Å². The number of benzene rings is 2. The smallest absolute Gasteiger partial charge is 0.312 e. The molecule has 3 aliphatic heterocycles. The van der Waals surface area contributed by atoms with E-state index in [-0.39, 0.29) is 23.6 Å². The first kappa shape index (κ1) is 33.2. The van der Waals surface area contributed by atoms with E-state index >= 15 is 0 Å². The third-order valence-corrected chi connectivity index (χ3v) is 13.3. The molecule has 3 aromatic rings. The Balaban J connectivity index is 1.25. The van der Waals surface area contributed by atoms with Gasteiger partial charge < -0.3 is 24.4 Å². The lowest BCUT2D eigenvalue weighted by Gasteiger charge is -2.39. The summed E-state index contributed by atoms with van der Waals surface area (Å²) in [5.41, 5.74) is 4.73. The first-order valence-electron chi connectivity index (χ1n) is 17.8. The summed E-state index contributed by atoms with van der Waals surface area (Å²) in [6, 6.07) is 11.7. The van der Waals surface area contributed by atoms with E-state index in [0.29, 0.717) is 18.9 Å². The van der Waals surface area contributed by atoms with Gasteiger partial charge in [0.2, 0.25) is 0 Å². The van der Waals surface area contributed by atoms with E-state index in [1.807, 2.05) is 17.0 Å². The van der Waals surface area contributed by atoms with E-state index in [1.165, 1.54) is 26.1 Å². The fourth-order valence-electron chi connectivity index (χ4n) is 9.41. The third kappa shape index (κ3) is 5.39. The Morgan fingerprint density at radius 3 is 2.36 bits per heavy atom. The number of nitrogens with zero attached hydrogens (tertiary/aromatic N) is 4. The Morgan fingerprint density at radius 1 is 0.960 bits per heavy atom. The average Bonchev–Trinajstić information content (AvgIpc) is 3.63. The van der Waals surface area contributed by atoms with E-state index in [1.54, 1.807) is 19.2 Å². The van der Waals surface area contributed by atoms with Gasteiger partial charge in [0, 0.05) is 73.8 Å². The molecule has 0 spiro atoms. The van der Waals surface area contributed by atoms with Crippen molar-refractivity contribution in [1.82, 2.24) is 28.7 Å². The molecule has 12 nitrogen and oxygen atoms in total. The van der Waals surface area contributed by atoms with Crippen LogP contribution in [0.25, 0.3) is 22.2 Å². The van der Waals surface area contributed by atoms with E-state index in [9.17, 15) is 22.8 Å². The second kappa shape index (κ2) is 12.1. The highest BCUT2D eigenvalue weighted by Crippen LogP contribution is 2.60. The number of carbonyl (C=O) groups excluding carboxylic acids is 3. The number of likely N-dealkylation sites (tertiary alicyclic amines) is 1. The molecule has 4 fully saturated rings. The van der Waals surface area contributed by atoms with Gasteiger partial charge in [0.25, 0.3) is 5.91 Å². The number of fused-ring (bicyclic) bond motifs is 9. The Kier molecular flexibility index (Phi) is 8.03. The SMILES string of the molecule is COc1ccc2c(c1)C1CC1(NC(=O)C(=O)N1C3CCC1CN(C)C3)Cn1c-2c(C2CCCCC2)c2ccc(C(=O)NS(=O)(=O)N(C)C)cc21. The van der Waals surface area contributed by atoms with Crippen molar-refractivity contribution < 1.29 is 27.5 Å². The van der Waals surface area contributed by atoms with E-state index in [2.05, 4.69) is 38.7 Å². The highest BCUT2D eigenvalue weighted by atomic mass is 32.2. The number of hydrogen-bond acceptors (Lipinski definition) is 7. The predicted octanol–water partition coefficient (Wildman–Crippen LogP) is 3.56. The van der Waals surface area contributed by atoms with Crippen molar-refractivity contribution in [1.29, 1.82) is 0 Å². The number of hydrogen-bond donors (Lipinski definition) is 2. The summed E-state index contributed by atoms with van der Waals surface area (Å²) in [6.07, 6.45) is 8.03. The first-order chi connectivity index (χ1) is 23.9. The summed E-state index contributed by atoms with van der Waals surface area (Å²) >= 11 is 0. The predicted molar refractivity (Wildman–Crippen MR) is 189 cm³/mol. The zero-order valence-electron chi connectivity index (χ0n) is 29.2. The molecule has 266 valence electrons. The monoisotopic (exact) mass is 702 g/mol. The van der Waals surface area contributed by atoms with Gasteiger partial charge in [0.1, 0.15) is 5.75 Å². The van der Waals surface area contributed by atoms with Crippen molar-refractivity contribution in [3.8, 4) is 17.0 Å². The molecule has 50 heavy (non-hydrogen) atoms. The summed E-state index contributed by atoms with van der Waals surface area (Å²) in [5.74, 6) is -0.748. The van der Waals surface area contributed by atoms with Gasteiger partial charge in [-0.1, -0.05) is 25.3 Å². The Hall–Kier alpha value is -3.94. The molecular weight excluding hydrogens is 657 g/mol. The molecule has 2 N–H and O–H groups in total. The number of ether oxygens (including phenoxy) is 1. The Labute approximate surface area is 293 Å². The topological polar surface area (TPSA) is 133 Å². The number of likely N-dealkylation sites (N-methyl/N-ethyl adjacent to an activating group) is 1. The van der Waals surface area contributed by atoms with Crippen LogP contribution in [-0.2, 0) is 26.3 Å². The Bertz CT molecular complexity index is 2010. The fraction of sp³-hybridized carbons (Fsp3) is 0.541. The lowest BCUT2D eigenvalue weighted by molar-refractivity contribution is -0.150. The average molecular weight is 703 g/mol. The third-order valence-electron chi connectivity index (χ3n) is 11.9. The molecule has 5 aliphatic rings. The van der Waals surface area contributed by atoms with Crippen molar-refractivity contribution in [2.75, 3.05) is 41.3 Å². The van der Waals surface area contributed by atoms with E-state index in [0.717, 1.165) is 89.4 Å². The van der Waals surface area contributed by atoms with Crippen LogP contribution in [0.3, 0.4) is 0 Å². The first-order valence-corrected chi connectivity index (χ1v) is 19.3. The maximum atomic E-state index is 14.0. The van der Waals surface area contributed by atoms with Crippen LogP contribution in [0, 0.1) is 0 Å². The minimum atomic E-state index is -4.00. The van der Waals surface area contributed by atoms with Gasteiger partial charge in [-0.05, 0) is 86.5 Å². The van der Waals surface area contributed by atoms with Gasteiger partial charge >= 0.3 is 22.0 Å². The minimum absolute atomic E-state index is 0.0422. The van der Waals surface area contributed by atoms with Gasteiger partial charge in [0.15, 0.2) is 0 Å². The van der Waals surface area contributed by atoms with E-state index < -0.39 is 33.5 Å². The number of piperazine rings is 1. The number of rotatable bonds is 6. The van der Waals surface area contributed by atoms with Gasteiger partial charge in [-0.2, -0.15) is 12.7 Å². The standard InChI is InChI=1S/C37H46N6O6S/c1-40(2)50(47,48)39-34(44)23-10-14-28-31(16-23)42-21-37(38-35(45)36(46)43-24-11-12-25(43)20-41(3)19-24)18-30(37)29-17-26(49-4)13-15-27(29)33(42)32(28)22-8-6-5-7-9-22/h10,13-17,22,24-25,30H,5-9,11-12,18-21H2,1-4H3,(H,38,45)(H,39,44). The van der Waals surface area contributed by atoms with Crippen LogP contribution in [0.15, 0.2) is 36.4 Å². The molecule has 4 heterocycles. The minimum Gasteiger partial charge on any atom is -0.497 e. The summed E-state index contributed by atoms with van der Waals surface area (Å²) in [5, 5.41) is 4.29. The molecule has 1 aromatic heterocycles. The Morgan fingerprint density at radius 2 is 1.68 bits per heavy atom. The van der Waals surface area contributed by atoms with Crippen molar-refractivity contribution in [2.45, 2.75) is 87.4 Å². The molecule has 3 amide bonds. The maximum Gasteiger partial charge on any atom is 0.312 e. The highest BCUT2D eigenvalue weighted by Gasteiger charge is 2.60. The summed E-state index contributed by atoms with van der Waals surface area (Å²) in [4.78, 5) is 45.3. The van der Waals surface area contributed by atoms with Crippen LogP contribution in [0.2, 0.25) is 0 Å². The van der Waals surface area contributed by atoms with Gasteiger partial charge in [-0.25, -0.2) is 4.72 Å². The maximum absolute atomic E-state index is 14.0. The number of carbonyl (C=O) groups is 3. The molecule has 4 unspecified atom stereocenters. The second-order valence-electron chi connectivity index (χ2n) is 15.3. The van der Waals surface area contributed by atoms with Crippen molar-refractivity contribution in [3.63, 3.8) is 0 Å². The summed E-state index contributed by atoms with van der Waals surface area (Å²) in [6.45, 7) is 1.94. The van der Waals surface area contributed by atoms with Crippen molar-refractivity contribution >= 4 is 38.8 Å². The molecule has 4 atom stereocenters. The van der Waals surface area contributed by atoms with Crippen molar-refractivity contribution in [3.05, 3.63) is 53.1 Å².